The third-order valence-corrected chi connectivity index (χ3v) is 5.83. The van der Waals surface area contributed by atoms with Gasteiger partial charge < -0.3 is 33.2 Å². The number of fused-ring (bicyclic) bond motifs is 2. The number of allylic oxidation sites excluding steroid dienone is 1. The highest BCUT2D eigenvalue weighted by atomic mass is 16.7. The second-order valence-corrected chi connectivity index (χ2v) is 7.92. The molecule has 36 heavy (non-hydrogen) atoms. The van der Waals surface area contributed by atoms with E-state index in [0.717, 1.165) is 0 Å². The van der Waals surface area contributed by atoms with Gasteiger partial charge in [-0.3, -0.25) is 4.79 Å². The number of ether oxygens (including phenoxy) is 7. The molecule has 0 amide bonds. The molecule has 0 saturated heterocycles. The standard InChI is InChI=1S/C27H22O9/c1-14-18(36-27(29)16-5-7-19-20(12-16)34-13-33-19)8-6-17-24(28)21(35-25(14)17)9-15-10-22(30-2)26(32-4)23(11-15)31-3/h5-12H,13H2,1-4H3. The summed E-state index contributed by atoms with van der Waals surface area (Å²) in [7, 11) is 4.53. The zero-order chi connectivity index (χ0) is 25.4. The molecule has 0 saturated carbocycles. The van der Waals surface area contributed by atoms with Crippen molar-refractivity contribution in [1.29, 1.82) is 0 Å². The maximum absolute atomic E-state index is 13.0. The normalized spacial score (nSPS) is 14.3. The summed E-state index contributed by atoms with van der Waals surface area (Å²) >= 11 is 0. The lowest BCUT2D eigenvalue weighted by Crippen LogP contribution is -2.09. The van der Waals surface area contributed by atoms with Gasteiger partial charge in [0.2, 0.25) is 18.3 Å². The van der Waals surface area contributed by atoms with Crippen molar-refractivity contribution in [1.82, 2.24) is 0 Å². The molecule has 0 unspecified atom stereocenters. The third kappa shape index (κ3) is 3.94. The van der Waals surface area contributed by atoms with Crippen LogP contribution in [0.15, 0.2) is 48.2 Å². The molecule has 9 heteroatoms. The van der Waals surface area contributed by atoms with E-state index < -0.39 is 5.97 Å². The molecule has 5 rings (SSSR count). The molecule has 2 aliphatic rings. The van der Waals surface area contributed by atoms with E-state index in [1.807, 2.05) is 0 Å². The molecule has 0 N–H and O–H groups in total. The molecule has 0 fully saturated rings. The predicted molar refractivity (Wildman–Crippen MR) is 128 cm³/mol. The van der Waals surface area contributed by atoms with Crippen LogP contribution in [0.5, 0.6) is 40.2 Å². The highest BCUT2D eigenvalue weighted by Gasteiger charge is 2.31. The van der Waals surface area contributed by atoms with E-state index >= 15 is 0 Å². The maximum Gasteiger partial charge on any atom is 0.343 e. The van der Waals surface area contributed by atoms with Crippen molar-refractivity contribution in [2.75, 3.05) is 28.1 Å². The zero-order valence-corrected chi connectivity index (χ0v) is 20.0. The lowest BCUT2D eigenvalue weighted by atomic mass is 10.1. The van der Waals surface area contributed by atoms with Gasteiger partial charge in [-0.2, -0.15) is 0 Å². The number of benzene rings is 3. The summed E-state index contributed by atoms with van der Waals surface area (Å²) in [5.74, 6) is 2.22. The van der Waals surface area contributed by atoms with Crippen molar-refractivity contribution in [3.8, 4) is 40.2 Å². The number of hydrogen-bond acceptors (Lipinski definition) is 9. The van der Waals surface area contributed by atoms with Gasteiger partial charge in [-0.25, -0.2) is 4.79 Å². The van der Waals surface area contributed by atoms with Crippen LogP contribution < -0.4 is 33.2 Å². The number of carbonyl (C=O) groups excluding carboxylic acids is 2. The van der Waals surface area contributed by atoms with Crippen LogP contribution in [0.2, 0.25) is 0 Å². The Hall–Kier alpha value is -4.66. The van der Waals surface area contributed by atoms with E-state index in [2.05, 4.69) is 0 Å². The van der Waals surface area contributed by atoms with Crippen LogP contribution in [-0.2, 0) is 0 Å². The molecule has 3 aromatic carbocycles. The van der Waals surface area contributed by atoms with Gasteiger partial charge in [0.25, 0.3) is 0 Å². The fraction of sp³-hybridized carbons (Fsp3) is 0.185. The first-order chi connectivity index (χ1) is 17.4. The van der Waals surface area contributed by atoms with Gasteiger partial charge in [0.1, 0.15) is 11.5 Å². The zero-order valence-electron chi connectivity index (χ0n) is 20.0. The van der Waals surface area contributed by atoms with E-state index in [-0.39, 0.29) is 24.1 Å². The molecule has 3 aromatic rings. The molecule has 184 valence electrons. The first-order valence-electron chi connectivity index (χ1n) is 10.9. The molecule has 0 bridgehead atoms. The van der Waals surface area contributed by atoms with Crippen LogP contribution in [0, 0.1) is 6.92 Å². The van der Waals surface area contributed by atoms with Crippen molar-refractivity contribution < 1.29 is 42.7 Å². The third-order valence-electron chi connectivity index (χ3n) is 5.83. The van der Waals surface area contributed by atoms with E-state index in [0.29, 0.717) is 56.8 Å². The minimum absolute atomic E-state index is 0.106. The van der Waals surface area contributed by atoms with Crippen LogP contribution >= 0.6 is 0 Å². The summed E-state index contributed by atoms with van der Waals surface area (Å²) < 4.78 is 38.2. The summed E-state index contributed by atoms with van der Waals surface area (Å²) in [6.07, 6.45) is 1.59. The summed E-state index contributed by atoms with van der Waals surface area (Å²) in [4.78, 5) is 25.8. The van der Waals surface area contributed by atoms with Gasteiger partial charge >= 0.3 is 5.97 Å². The molecule has 0 aliphatic carbocycles. The fourth-order valence-electron chi connectivity index (χ4n) is 4.00. The van der Waals surface area contributed by atoms with Crippen molar-refractivity contribution >= 4 is 17.8 Å². The minimum Gasteiger partial charge on any atom is -0.493 e. The molecule has 0 spiro atoms. The van der Waals surface area contributed by atoms with E-state index in [9.17, 15) is 9.59 Å². The number of ketones is 1. The van der Waals surface area contributed by atoms with Gasteiger partial charge in [-0.05, 0) is 61.0 Å². The van der Waals surface area contributed by atoms with Crippen LogP contribution in [0.1, 0.15) is 31.8 Å². The summed E-state index contributed by atoms with van der Waals surface area (Å²) in [5.41, 5.74) is 1.81. The van der Waals surface area contributed by atoms with Gasteiger partial charge in [0.05, 0.1) is 32.5 Å². The first kappa shape index (κ1) is 23.1. The van der Waals surface area contributed by atoms with Gasteiger partial charge in [-0.15, -0.1) is 0 Å². The average molecular weight is 490 g/mol. The predicted octanol–water partition coefficient (Wildman–Crippen LogP) is 4.58. The topological polar surface area (TPSA) is 98.8 Å². The quantitative estimate of drug-likeness (QED) is 0.279. The lowest BCUT2D eigenvalue weighted by molar-refractivity contribution is 0.0732. The Morgan fingerprint density at radius 1 is 0.889 bits per heavy atom. The number of hydrogen-bond donors (Lipinski definition) is 0. The van der Waals surface area contributed by atoms with Crippen LogP contribution in [0.3, 0.4) is 0 Å². The van der Waals surface area contributed by atoms with Gasteiger partial charge in [-0.1, -0.05) is 0 Å². The Labute approximate surface area is 206 Å². The van der Waals surface area contributed by atoms with E-state index in [4.69, 9.17) is 33.2 Å². The molecule has 0 atom stereocenters. The number of carbonyl (C=O) groups is 2. The van der Waals surface area contributed by atoms with Crippen molar-refractivity contribution in [3.05, 3.63) is 70.5 Å². The smallest absolute Gasteiger partial charge is 0.343 e. The van der Waals surface area contributed by atoms with Crippen molar-refractivity contribution in [3.63, 3.8) is 0 Å². The highest BCUT2D eigenvalue weighted by Crippen LogP contribution is 2.42. The second kappa shape index (κ2) is 9.18. The summed E-state index contributed by atoms with van der Waals surface area (Å²) in [6.45, 7) is 1.83. The second-order valence-electron chi connectivity index (χ2n) is 7.92. The SMILES string of the molecule is COc1cc(C=C2Oc3c(ccc(OC(=O)c4ccc5c(c4)OCO5)c3C)C2=O)cc(OC)c1OC. The Morgan fingerprint density at radius 3 is 2.31 bits per heavy atom. The fourth-order valence-corrected chi connectivity index (χ4v) is 4.00. The molecular formula is C27H22O9. The van der Waals surface area contributed by atoms with E-state index in [1.54, 1.807) is 55.5 Å². The number of esters is 1. The Bertz CT molecular complexity index is 1400. The first-order valence-corrected chi connectivity index (χ1v) is 10.9. The summed E-state index contributed by atoms with van der Waals surface area (Å²) in [6, 6.07) is 11.4. The highest BCUT2D eigenvalue weighted by molar-refractivity contribution is 6.15. The van der Waals surface area contributed by atoms with Crippen molar-refractivity contribution in [2.24, 2.45) is 0 Å². The summed E-state index contributed by atoms with van der Waals surface area (Å²) in [5, 5.41) is 0. The number of methoxy groups -OCH3 is 3. The molecule has 2 aliphatic heterocycles. The molecular weight excluding hydrogens is 468 g/mol. The molecule has 2 heterocycles. The van der Waals surface area contributed by atoms with Crippen LogP contribution in [-0.4, -0.2) is 39.9 Å². The average Bonchev–Trinajstić information content (AvgIpc) is 3.49. The monoisotopic (exact) mass is 490 g/mol. The lowest BCUT2D eigenvalue weighted by Gasteiger charge is -2.13. The Kier molecular flexibility index (Phi) is 5.89. The molecule has 0 radical (unpaired) electrons. The minimum atomic E-state index is -0.575. The maximum atomic E-state index is 13.0. The Balaban J connectivity index is 1.41. The van der Waals surface area contributed by atoms with E-state index in [1.165, 1.54) is 21.3 Å². The molecule has 0 aromatic heterocycles. The number of rotatable bonds is 6. The van der Waals surface area contributed by atoms with Crippen LogP contribution in [0.4, 0.5) is 0 Å². The van der Waals surface area contributed by atoms with Gasteiger partial charge in [0, 0.05) is 5.56 Å². The number of Topliss-reactive ketones (excluding diaryl/α,β-unsaturated/α-hetero) is 1. The van der Waals surface area contributed by atoms with Gasteiger partial charge in [0.15, 0.2) is 28.8 Å². The van der Waals surface area contributed by atoms with Crippen LogP contribution in [0.25, 0.3) is 6.08 Å². The molecule has 9 nitrogen and oxygen atoms in total. The van der Waals surface area contributed by atoms with Crippen molar-refractivity contribution in [2.45, 2.75) is 6.92 Å². The largest absolute Gasteiger partial charge is 0.493 e. The Morgan fingerprint density at radius 2 is 1.61 bits per heavy atom.